The average Bonchev–Trinajstić information content (AvgIpc) is 2.80. The van der Waals surface area contributed by atoms with Crippen molar-refractivity contribution in [2.75, 3.05) is 11.9 Å². The summed E-state index contributed by atoms with van der Waals surface area (Å²) in [5, 5.41) is 8.08. The van der Waals surface area contributed by atoms with Gasteiger partial charge in [-0.05, 0) is 40.5 Å². The van der Waals surface area contributed by atoms with E-state index in [4.69, 9.17) is 0 Å². The standard InChI is InChI=1S/C27H24N2O2/c30-26(19-21-14-15-22-10-4-5-11-23(22)18-21)29-25-13-7-6-12-24(25)27(31)28-17-16-20-8-2-1-3-9-20/h1-15,18H,16-17,19H2,(H,28,31)(H,29,30). The molecule has 154 valence electrons. The van der Waals surface area contributed by atoms with E-state index >= 15 is 0 Å². The molecule has 0 radical (unpaired) electrons. The Kier molecular flexibility index (Phi) is 6.38. The van der Waals surface area contributed by atoms with E-state index < -0.39 is 0 Å². The van der Waals surface area contributed by atoms with Crippen LogP contribution in [0.25, 0.3) is 10.8 Å². The molecule has 4 heteroatoms. The van der Waals surface area contributed by atoms with Crippen LogP contribution in [-0.2, 0) is 17.6 Å². The van der Waals surface area contributed by atoms with E-state index in [1.165, 1.54) is 5.56 Å². The molecule has 0 atom stereocenters. The molecule has 0 bridgehead atoms. The average molecular weight is 409 g/mol. The molecular formula is C27H24N2O2. The van der Waals surface area contributed by atoms with Gasteiger partial charge < -0.3 is 10.6 Å². The number of nitrogens with one attached hydrogen (secondary N) is 2. The van der Waals surface area contributed by atoms with Crippen LogP contribution in [0.4, 0.5) is 5.69 Å². The lowest BCUT2D eigenvalue weighted by molar-refractivity contribution is -0.115. The predicted molar refractivity (Wildman–Crippen MR) is 125 cm³/mol. The lowest BCUT2D eigenvalue weighted by Crippen LogP contribution is -2.27. The van der Waals surface area contributed by atoms with Crippen molar-refractivity contribution in [1.29, 1.82) is 0 Å². The Morgan fingerprint density at radius 1 is 0.677 bits per heavy atom. The number of anilines is 1. The number of rotatable bonds is 7. The number of carbonyl (C=O) groups is 2. The van der Waals surface area contributed by atoms with Gasteiger partial charge in [0.15, 0.2) is 0 Å². The first-order valence-electron chi connectivity index (χ1n) is 10.4. The summed E-state index contributed by atoms with van der Waals surface area (Å²) < 4.78 is 0. The second kappa shape index (κ2) is 9.72. The fourth-order valence-electron chi connectivity index (χ4n) is 3.58. The van der Waals surface area contributed by atoms with Crippen molar-refractivity contribution in [2.45, 2.75) is 12.8 Å². The van der Waals surface area contributed by atoms with Crippen LogP contribution in [0.1, 0.15) is 21.5 Å². The van der Waals surface area contributed by atoms with E-state index in [-0.39, 0.29) is 18.2 Å². The van der Waals surface area contributed by atoms with E-state index in [0.717, 1.165) is 22.8 Å². The van der Waals surface area contributed by atoms with Crippen molar-refractivity contribution in [3.8, 4) is 0 Å². The first-order valence-corrected chi connectivity index (χ1v) is 10.4. The Labute approximate surface area is 181 Å². The molecule has 2 amide bonds. The number of para-hydroxylation sites is 1. The molecule has 31 heavy (non-hydrogen) atoms. The highest BCUT2D eigenvalue weighted by Crippen LogP contribution is 2.18. The second-order valence-electron chi connectivity index (χ2n) is 7.44. The van der Waals surface area contributed by atoms with Gasteiger partial charge in [-0.25, -0.2) is 0 Å². The molecule has 0 saturated heterocycles. The highest BCUT2D eigenvalue weighted by molar-refractivity contribution is 6.04. The summed E-state index contributed by atoms with van der Waals surface area (Å²) in [6.45, 7) is 0.530. The smallest absolute Gasteiger partial charge is 0.253 e. The molecule has 0 heterocycles. The number of hydrogen-bond acceptors (Lipinski definition) is 2. The summed E-state index contributed by atoms with van der Waals surface area (Å²) in [7, 11) is 0. The summed E-state index contributed by atoms with van der Waals surface area (Å²) in [5.74, 6) is -0.350. The highest BCUT2D eigenvalue weighted by Gasteiger charge is 2.13. The third-order valence-electron chi connectivity index (χ3n) is 5.17. The zero-order valence-corrected chi connectivity index (χ0v) is 17.2. The summed E-state index contributed by atoms with van der Waals surface area (Å²) in [5.41, 5.74) is 3.08. The van der Waals surface area contributed by atoms with Crippen LogP contribution < -0.4 is 10.6 Å². The number of amides is 2. The van der Waals surface area contributed by atoms with Gasteiger partial charge in [-0.2, -0.15) is 0 Å². The number of hydrogen-bond donors (Lipinski definition) is 2. The maximum atomic E-state index is 12.7. The highest BCUT2D eigenvalue weighted by atomic mass is 16.2. The topological polar surface area (TPSA) is 58.2 Å². The summed E-state index contributed by atoms with van der Waals surface area (Å²) in [6, 6.07) is 31.2. The Balaban J connectivity index is 1.39. The lowest BCUT2D eigenvalue weighted by Gasteiger charge is -2.12. The van der Waals surface area contributed by atoms with Gasteiger partial charge in [0.25, 0.3) is 5.91 Å². The van der Waals surface area contributed by atoms with Crippen LogP contribution in [-0.4, -0.2) is 18.4 Å². The predicted octanol–water partition coefficient (Wildman–Crippen LogP) is 4.99. The van der Waals surface area contributed by atoms with Crippen molar-refractivity contribution in [1.82, 2.24) is 5.32 Å². The van der Waals surface area contributed by atoms with Gasteiger partial charge in [0, 0.05) is 6.54 Å². The van der Waals surface area contributed by atoms with Crippen molar-refractivity contribution < 1.29 is 9.59 Å². The SMILES string of the molecule is O=C(Cc1ccc2ccccc2c1)Nc1ccccc1C(=O)NCCc1ccccc1. The molecule has 0 aliphatic carbocycles. The molecule has 0 aliphatic heterocycles. The molecule has 0 saturated carbocycles. The lowest BCUT2D eigenvalue weighted by atomic mass is 10.0. The van der Waals surface area contributed by atoms with E-state index in [0.29, 0.717) is 17.8 Å². The molecule has 0 fully saturated rings. The second-order valence-corrected chi connectivity index (χ2v) is 7.44. The van der Waals surface area contributed by atoms with Crippen LogP contribution in [0.5, 0.6) is 0 Å². The zero-order chi connectivity index (χ0) is 21.5. The first kappa shape index (κ1) is 20.4. The molecule has 0 aromatic heterocycles. The van der Waals surface area contributed by atoms with E-state index in [9.17, 15) is 9.59 Å². The Bertz CT molecular complexity index is 1200. The molecule has 0 aliphatic rings. The Morgan fingerprint density at radius 3 is 2.23 bits per heavy atom. The van der Waals surface area contributed by atoms with Crippen LogP contribution in [0, 0.1) is 0 Å². The Morgan fingerprint density at radius 2 is 1.39 bits per heavy atom. The molecule has 2 N–H and O–H groups in total. The summed E-state index contributed by atoms with van der Waals surface area (Å²) in [6.07, 6.45) is 0.998. The van der Waals surface area contributed by atoms with Gasteiger partial charge >= 0.3 is 0 Å². The van der Waals surface area contributed by atoms with Crippen LogP contribution in [0.2, 0.25) is 0 Å². The van der Waals surface area contributed by atoms with E-state index in [1.807, 2.05) is 78.9 Å². The maximum Gasteiger partial charge on any atom is 0.253 e. The molecule has 4 aromatic rings. The van der Waals surface area contributed by atoms with Crippen molar-refractivity contribution in [2.24, 2.45) is 0 Å². The van der Waals surface area contributed by atoms with Gasteiger partial charge in [-0.3, -0.25) is 9.59 Å². The molecular weight excluding hydrogens is 384 g/mol. The first-order chi connectivity index (χ1) is 15.2. The van der Waals surface area contributed by atoms with Gasteiger partial charge in [0.1, 0.15) is 0 Å². The van der Waals surface area contributed by atoms with Gasteiger partial charge in [-0.1, -0.05) is 84.9 Å². The van der Waals surface area contributed by atoms with Crippen molar-refractivity contribution >= 4 is 28.3 Å². The van der Waals surface area contributed by atoms with Gasteiger partial charge in [-0.15, -0.1) is 0 Å². The van der Waals surface area contributed by atoms with E-state index in [1.54, 1.807) is 18.2 Å². The third kappa shape index (κ3) is 5.37. The van der Waals surface area contributed by atoms with Crippen LogP contribution in [0.3, 0.4) is 0 Å². The molecule has 4 aromatic carbocycles. The van der Waals surface area contributed by atoms with Gasteiger partial charge in [0.2, 0.25) is 5.91 Å². The third-order valence-corrected chi connectivity index (χ3v) is 5.17. The summed E-state index contributed by atoms with van der Waals surface area (Å²) in [4.78, 5) is 25.3. The number of fused-ring (bicyclic) bond motifs is 1. The number of carbonyl (C=O) groups excluding carboxylic acids is 2. The van der Waals surface area contributed by atoms with E-state index in [2.05, 4.69) is 10.6 Å². The minimum atomic E-state index is -0.197. The fourth-order valence-corrected chi connectivity index (χ4v) is 3.58. The largest absolute Gasteiger partial charge is 0.352 e. The fraction of sp³-hybridized carbons (Fsp3) is 0.111. The molecule has 4 rings (SSSR count). The minimum absolute atomic E-state index is 0.153. The molecule has 4 nitrogen and oxygen atoms in total. The molecule has 0 spiro atoms. The van der Waals surface area contributed by atoms with Crippen LogP contribution >= 0.6 is 0 Å². The van der Waals surface area contributed by atoms with Gasteiger partial charge in [0.05, 0.1) is 17.7 Å². The molecule has 0 unspecified atom stereocenters. The summed E-state index contributed by atoms with van der Waals surface area (Å²) >= 11 is 0. The normalized spacial score (nSPS) is 10.6. The quantitative estimate of drug-likeness (QED) is 0.452. The van der Waals surface area contributed by atoms with Crippen LogP contribution in [0.15, 0.2) is 97.1 Å². The van der Waals surface area contributed by atoms with Crippen molar-refractivity contribution in [3.05, 3.63) is 114 Å². The monoisotopic (exact) mass is 408 g/mol. The van der Waals surface area contributed by atoms with Crippen molar-refractivity contribution in [3.63, 3.8) is 0 Å². The minimum Gasteiger partial charge on any atom is -0.352 e. The zero-order valence-electron chi connectivity index (χ0n) is 17.2. The maximum absolute atomic E-state index is 12.7. The number of benzene rings is 4. The Hall–Kier alpha value is -3.92.